The van der Waals surface area contributed by atoms with Crippen molar-refractivity contribution in [1.82, 2.24) is 9.80 Å². The van der Waals surface area contributed by atoms with Gasteiger partial charge in [0.2, 0.25) is 5.91 Å². The third kappa shape index (κ3) is 3.38. The lowest BCUT2D eigenvalue weighted by molar-refractivity contribution is -0.159. The number of carbonyl (C=O) groups is 1. The molecule has 0 aromatic heterocycles. The monoisotopic (exact) mass is 275 g/mol. The van der Waals surface area contributed by atoms with E-state index < -0.39 is 24.7 Å². The summed E-state index contributed by atoms with van der Waals surface area (Å²) in [5, 5.41) is 8.80. The number of hydrogen-bond acceptors (Lipinski definition) is 3. The fourth-order valence-corrected chi connectivity index (χ4v) is 2.77. The van der Waals surface area contributed by atoms with E-state index in [2.05, 4.69) is 6.07 Å². The molecule has 2 aliphatic heterocycles. The van der Waals surface area contributed by atoms with E-state index in [0.29, 0.717) is 32.4 Å². The molecule has 0 aromatic carbocycles. The Kier molecular flexibility index (Phi) is 3.99. The van der Waals surface area contributed by atoms with Crippen molar-refractivity contribution in [2.45, 2.75) is 31.5 Å². The number of alkyl halides is 3. The van der Waals surface area contributed by atoms with Crippen molar-refractivity contribution < 1.29 is 18.0 Å². The standard InChI is InChI=1S/C12H16F3N3O/c13-12(14,15)8-18-6-3-10(11(18)19)17-4-1-9(7-16)2-5-17/h9-10H,1-6,8H2. The summed E-state index contributed by atoms with van der Waals surface area (Å²) in [7, 11) is 0. The van der Waals surface area contributed by atoms with Crippen LogP contribution in [-0.4, -0.2) is 54.1 Å². The molecule has 1 amide bonds. The van der Waals surface area contributed by atoms with Gasteiger partial charge in [-0.05, 0) is 19.3 Å². The van der Waals surface area contributed by atoms with Gasteiger partial charge in [-0.3, -0.25) is 9.69 Å². The van der Waals surface area contributed by atoms with Crippen molar-refractivity contribution >= 4 is 5.91 Å². The van der Waals surface area contributed by atoms with Crippen molar-refractivity contribution in [3.63, 3.8) is 0 Å². The van der Waals surface area contributed by atoms with E-state index in [1.54, 1.807) is 0 Å². The third-order valence-corrected chi connectivity index (χ3v) is 3.79. The van der Waals surface area contributed by atoms with Crippen molar-refractivity contribution in [3.8, 4) is 6.07 Å². The number of rotatable bonds is 2. The summed E-state index contributed by atoms with van der Waals surface area (Å²) < 4.78 is 36.9. The summed E-state index contributed by atoms with van der Waals surface area (Å²) >= 11 is 0. The van der Waals surface area contributed by atoms with E-state index in [0.717, 1.165) is 4.90 Å². The summed E-state index contributed by atoms with van der Waals surface area (Å²) in [5.74, 6) is -0.410. The first kappa shape index (κ1) is 14.1. The second-order valence-electron chi connectivity index (χ2n) is 5.12. The Hall–Kier alpha value is -1.29. The summed E-state index contributed by atoms with van der Waals surface area (Å²) in [6.07, 6.45) is -2.50. The molecule has 7 heteroatoms. The highest BCUT2D eigenvalue weighted by Gasteiger charge is 2.42. The highest BCUT2D eigenvalue weighted by atomic mass is 19.4. The topological polar surface area (TPSA) is 47.3 Å². The third-order valence-electron chi connectivity index (χ3n) is 3.79. The second kappa shape index (κ2) is 5.37. The number of halogens is 3. The van der Waals surface area contributed by atoms with E-state index in [9.17, 15) is 18.0 Å². The Morgan fingerprint density at radius 3 is 2.37 bits per heavy atom. The highest BCUT2D eigenvalue weighted by Crippen LogP contribution is 2.26. The molecule has 2 fully saturated rings. The van der Waals surface area contributed by atoms with Crippen molar-refractivity contribution in [2.75, 3.05) is 26.2 Å². The van der Waals surface area contributed by atoms with Gasteiger partial charge in [0, 0.05) is 25.6 Å². The molecule has 0 bridgehead atoms. The molecule has 0 N–H and O–H groups in total. The van der Waals surface area contributed by atoms with Gasteiger partial charge in [-0.15, -0.1) is 0 Å². The van der Waals surface area contributed by atoms with Crippen LogP contribution < -0.4 is 0 Å². The molecule has 0 saturated carbocycles. The highest BCUT2D eigenvalue weighted by molar-refractivity contribution is 5.84. The minimum atomic E-state index is -4.33. The number of hydrogen-bond donors (Lipinski definition) is 0. The molecule has 2 saturated heterocycles. The summed E-state index contributed by atoms with van der Waals surface area (Å²) in [6.45, 7) is 0.251. The first-order chi connectivity index (χ1) is 8.90. The average Bonchev–Trinajstić information content (AvgIpc) is 2.69. The molecular formula is C12H16F3N3O. The number of amides is 1. The van der Waals surface area contributed by atoms with Gasteiger partial charge in [-0.2, -0.15) is 18.4 Å². The van der Waals surface area contributed by atoms with Gasteiger partial charge in [-0.1, -0.05) is 0 Å². The second-order valence-corrected chi connectivity index (χ2v) is 5.12. The molecule has 0 aliphatic carbocycles. The van der Waals surface area contributed by atoms with E-state index in [1.165, 1.54) is 0 Å². The molecule has 0 radical (unpaired) electrons. The number of nitriles is 1. The van der Waals surface area contributed by atoms with Crippen LogP contribution in [-0.2, 0) is 4.79 Å². The van der Waals surface area contributed by atoms with Gasteiger partial charge in [0.15, 0.2) is 0 Å². The molecule has 2 rings (SSSR count). The number of carbonyl (C=O) groups excluding carboxylic acids is 1. The largest absolute Gasteiger partial charge is 0.406 e. The predicted molar refractivity (Wildman–Crippen MR) is 61.0 cm³/mol. The van der Waals surface area contributed by atoms with Gasteiger partial charge in [0.1, 0.15) is 6.54 Å². The average molecular weight is 275 g/mol. The lowest BCUT2D eigenvalue weighted by Crippen LogP contribution is -2.46. The minimum Gasteiger partial charge on any atom is -0.332 e. The van der Waals surface area contributed by atoms with Crippen LogP contribution in [0.15, 0.2) is 0 Å². The number of likely N-dealkylation sites (tertiary alicyclic amines) is 2. The molecule has 0 aromatic rings. The molecule has 19 heavy (non-hydrogen) atoms. The van der Waals surface area contributed by atoms with Crippen LogP contribution in [0.25, 0.3) is 0 Å². The minimum absolute atomic E-state index is 0.0130. The fourth-order valence-electron chi connectivity index (χ4n) is 2.77. The van der Waals surface area contributed by atoms with Crippen molar-refractivity contribution in [1.29, 1.82) is 5.26 Å². The summed E-state index contributed by atoms with van der Waals surface area (Å²) in [6, 6.07) is 1.77. The van der Waals surface area contributed by atoms with Crippen LogP contribution in [0, 0.1) is 17.2 Å². The lowest BCUT2D eigenvalue weighted by atomic mass is 9.97. The maximum Gasteiger partial charge on any atom is 0.406 e. The normalized spacial score (nSPS) is 26.7. The van der Waals surface area contributed by atoms with Crippen LogP contribution in [0.1, 0.15) is 19.3 Å². The molecule has 1 atom stereocenters. The van der Waals surface area contributed by atoms with Crippen LogP contribution in [0.5, 0.6) is 0 Å². The van der Waals surface area contributed by atoms with Crippen LogP contribution in [0.2, 0.25) is 0 Å². The van der Waals surface area contributed by atoms with E-state index in [-0.39, 0.29) is 12.5 Å². The zero-order valence-corrected chi connectivity index (χ0v) is 10.5. The fraction of sp³-hybridized carbons (Fsp3) is 0.833. The maximum atomic E-state index is 12.3. The van der Waals surface area contributed by atoms with Crippen molar-refractivity contribution in [2.24, 2.45) is 5.92 Å². The summed E-state index contributed by atoms with van der Waals surface area (Å²) in [4.78, 5) is 14.8. The number of nitrogens with zero attached hydrogens (tertiary/aromatic N) is 3. The summed E-state index contributed by atoms with van der Waals surface area (Å²) in [5.41, 5.74) is 0. The zero-order chi connectivity index (χ0) is 14.0. The van der Waals surface area contributed by atoms with Gasteiger partial charge >= 0.3 is 6.18 Å². The first-order valence-electron chi connectivity index (χ1n) is 6.40. The molecule has 4 nitrogen and oxygen atoms in total. The smallest absolute Gasteiger partial charge is 0.332 e. The van der Waals surface area contributed by atoms with Crippen molar-refractivity contribution in [3.05, 3.63) is 0 Å². The van der Waals surface area contributed by atoms with Crippen LogP contribution in [0.4, 0.5) is 13.2 Å². The van der Waals surface area contributed by atoms with E-state index >= 15 is 0 Å². The van der Waals surface area contributed by atoms with Gasteiger partial charge in [0.25, 0.3) is 0 Å². The Morgan fingerprint density at radius 1 is 1.21 bits per heavy atom. The Morgan fingerprint density at radius 2 is 1.84 bits per heavy atom. The zero-order valence-electron chi connectivity index (χ0n) is 10.5. The van der Waals surface area contributed by atoms with E-state index in [1.807, 2.05) is 4.90 Å². The Labute approximate surface area is 109 Å². The molecule has 1 unspecified atom stereocenters. The molecule has 2 aliphatic rings. The lowest BCUT2D eigenvalue weighted by Gasteiger charge is -2.33. The SMILES string of the molecule is N#CC1CCN(C2CCN(CC(F)(F)F)C2=O)CC1. The predicted octanol–water partition coefficient (Wildman–Crippen LogP) is 1.39. The molecule has 0 spiro atoms. The van der Waals surface area contributed by atoms with Gasteiger partial charge in [0.05, 0.1) is 12.1 Å². The molecule has 2 heterocycles. The van der Waals surface area contributed by atoms with Gasteiger partial charge < -0.3 is 4.90 Å². The number of piperidine rings is 1. The maximum absolute atomic E-state index is 12.3. The van der Waals surface area contributed by atoms with Gasteiger partial charge in [-0.25, -0.2) is 0 Å². The van der Waals surface area contributed by atoms with E-state index in [4.69, 9.17) is 5.26 Å². The van der Waals surface area contributed by atoms with Crippen LogP contribution in [0.3, 0.4) is 0 Å². The first-order valence-corrected chi connectivity index (χ1v) is 6.40. The Balaban J connectivity index is 1.90. The Bertz CT molecular complexity index is 383. The molecule has 106 valence electrons. The quantitative estimate of drug-likeness (QED) is 0.765. The van der Waals surface area contributed by atoms with Crippen LogP contribution >= 0.6 is 0 Å². The molecular weight excluding hydrogens is 259 g/mol.